The summed E-state index contributed by atoms with van der Waals surface area (Å²) in [7, 11) is 0. The molecule has 0 heterocycles. The fourth-order valence-corrected chi connectivity index (χ4v) is 2.54. The molecule has 2 aromatic rings. The van der Waals surface area contributed by atoms with Crippen LogP contribution < -0.4 is 5.32 Å². The first-order valence-electron chi connectivity index (χ1n) is 7.71. The maximum absolute atomic E-state index is 8.98. The molecule has 0 fully saturated rings. The average Bonchev–Trinajstić information content (AvgIpc) is 2.51. The van der Waals surface area contributed by atoms with Crippen LogP contribution in [0.15, 0.2) is 42.5 Å². The van der Waals surface area contributed by atoms with Crippen molar-refractivity contribution < 1.29 is 0 Å². The van der Waals surface area contributed by atoms with Gasteiger partial charge in [-0.05, 0) is 49.6 Å². The third-order valence-corrected chi connectivity index (χ3v) is 3.90. The van der Waals surface area contributed by atoms with E-state index in [9.17, 15) is 0 Å². The number of nitriles is 1. The quantitative estimate of drug-likeness (QED) is 0.749. The maximum Gasteiger partial charge on any atom is 0.0683 e. The summed E-state index contributed by atoms with van der Waals surface area (Å²) in [5.74, 6) is 0. The van der Waals surface area contributed by atoms with Crippen molar-refractivity contribution in [3.8, 4) is 6.07 Å². The summed E-state index contributed by atoms with van der Waals surface area (Å²) in [6.07, 6.45) is 3.19. The summed E-state index contributed by atoms with van der Waals surface area (Å²) >= 11 is 0. The molecule has 0 aliphatic rings. The first-order valence-corrected chi connectivity index (χ1v) is 7.71. The number of fused-ring (bicyclic) bond motifs is 1. The number of rotatable bonds is 7. The molecule has 0 radical (unpaired) electrons. The Morgan fingerprint density at radius 1 is 1.05 bits per heavy atom. The molecular weight excluding hydrogens is 256 g/mol. The van der Waals surface area contributed by atoms with Crippen LogP contribution in [0.5, 0.6) is 0 Å². The maximum atomic E-state index is 8.98. The predicted octanol–water partition coefficient (Wildman–Crippen LogP) is 4.65. The van der Waals surface area contributed by atoms with E-state index in [0.29, 0.717) is 0 Å². The SMILES string of the molecule is CC(C)(C#N)CCCCNCc1cccc2ccccc12. The molecule has 2 nitrogen and oxygen atoms in total. The van der Waals surface area contributed by atoms with E-state index in [4.69, 9.17) is 5.26 Å². The molecule has 0 saturated carbocycles. The van der Waals surface area contributed by atoms with Gasteiger partial charge in [0.25, 0.3) is 0 Å². The summed E-state index contributed by atoms with van der Waals surface area (Å²) in [4.78, 5) is 0. The second-order valence-electron chi connectivity index (χ2n) is 6.27. The van der Waals surface area contributed by atoms with Crippen molar-refractivity contribution in [1.82, 2.24) is 5.32 Å². The second-order valence-corrected chi connectivity index (χ2v) is 6.27. The topological polar surface area (TPSA) is 35.8 Å². The van der Waals surface area contributed by atoms with E-state index in [-0.39, 0.29) is 5.41 Å². The van der Waals surface area contributed by atoms with Gasteiger partial charge in [0, 0.05) is 6.54 Å². The normalized spacial score (nSPS) is 11.5. The minimum Gasteiger partial charge on any atom is -0.313 e. The molecular formula is C19H24N2. The highest BCUT2D eigenvalue weighted by molar-refractivity contribution is 5.85. The van der Waals surface area contributed by atoms with E-state index < -0.39 is 0 Å². The lowest BCUT2D eigenvalue weighted by atomic mass is 9.89. The zero-order valence-electron chi connectivity index (χ0n) is 13.0. The Morgan fingerprint density at radius 2 is 1.81 bits per heavy atom. The fraction of sp³-hybridized carbons (Fsp3) is 0.421. The lowest BCUT2D eigenvalue weighted by Crippen LogP contribution is -2.16. The summed E-state index contributed by atoms with van der Waals surface area (Å²) < 4.78 is 0. The van der Waals surface area contributed by atoms with Gasteiger partial charge < -0.3 is 5.32 Å². The molecule has 0 bridgehead atoms. The highest BCUT2D eigenvalue weighted by atomic mass is 14.8. The Balaban J connectivity index is 1.77. The zero-order valence-corrected chi connectivity index (χ0v) is 13.0. The highest BCUT2D eigenvalue weighted by Gasteiger charge is 2.15. The molecule has 0 aliphatic heterocycles. The van der Waals surface area contributed by atoms with Gasteiger partial charge in [0.15, 0.2) is 0 Å². The highest BCUT2D eigenvalue weighted by Crippen LogP contribution is 2.21. The van der Waals surface area contributed by atoms with E-state index >= 15 is 0 Å². The van der Waals surface area contributed by atoms with Crippen molar-refractivity contribution in [3.63, 3.8) is 0 Å². The Hall–Kier alpha value is -1.85. The van der Waals surface area contributed by atoms with Crippen molar-refractivity contribution in [2.75, 3.05) is 6.54 Å². The average molecular weight is 280 g/mol. The molecule has 110 valence electrons. The van der Waals surface area contributed by atoms with E-state index in [1.165, 1.54) is 16.3 Å². The van der Waals surface area contributed by atoms with E-state index in [1.807, 2.05) is 13.8 Å². The van der Waals surface area contributed by atoms with Gasteiger partial charge >= 0.3 is 0 Å². The largest absolute Gasteiger partial charge is 0.313 e. The first kappa shape index (κ1) is 15.5. The van der Waals surface area contributed by atoms with Crippen molar-refractivity contribution in [1.29, 1.82) is 5.26 Å². The number of nitrogens with zero attached hydrogens (tertiary/aromatic N) is 1. The molecule has 1 N–H and O–H groups in total. The molecule has 2 aromatic carbocycles. The first-order chi connectivity index (χ1) is 10.1. The number of hydrogen-bond donors (Lipinski definition) is 1. The van der Waals surface area contributed by atoms with Crippen LogP contribution in [0.3, 0.4) is 0 Å². The predicted molar refractivity (Wildman–Crippen MR) is 88.9 cm³/mol. The standard InChI is InChI=1S/C19H24N2/c1-19(2,15-20)12-5-6-13-21-14-17-10-7-9-16-8-3-4-11-18(16)17/h3-4,7-11,21H,5-6,12-14H2,1-2H3. The summed E-state index contributed by atoms with van der Waals surface area (Å²) in [5, 5.41) is 15.1. The van der Waals surface area contributed by atoms with Gasteiger partial charge in [0.05, 0.1) is 11.5 Å². The minimum atomic E-state index is -0.185. The summed E-state index contributed by atoms with van der Waals surface area (Å²) in [5.41, 5.74) is 1.17. The Labute approximate surface area is 127 Å². The fourth-order valence-electron chi connectivity index (χ4n) is 2.54. The third-order valence-electron chi connectivity index (χ3n) is 3.90. The van der Waals surface area contributed by atoms with E-state index in [0.717, 1.165) is 32.4 Å². The van der Waals surface area contributed by atoms with Crippen molar-refractivity contribution in [2.45, 2.75) is 39.7 Å². The van der Waals surface area contributed by atoms with Gasteiger partial charge in [-0.3, -0.25) is 0 Å². The minimum absolute atomic E-state index is 0.185. The number of hydrogen-bond acceptors (Lipinski definition) is 2. The van der Waals surface area contributed by atoms with Crippen LogP contribution in [-0.4, -0.2) is 6.54 Å². The van der Waals surface area contributed by atoms with Gasteiger partial charge in [0.1, 0.15) is 0 Å². The Morgan fingerprint density at radius 3 is 2.62 bits per heavy atom. The number of nitrogens with one attached hydrogen (secondary N) is 1. The van der Waals surface area contributed by atoms with E-state index in [1.54, 1.807) is 0 Å². The monoisotopic (exact) mass is 280 g/mol. The third kappa shape index (κ3) is 4.58. The molecule has 0 atom stereocenters. The number of benzene rings is 2. The molecule has 2 heteroatoms. The zero-order chi connectivity index (χ0) is 15.1. The van der Waals surface area contributed by atoms with Crippen molar-refractivity contribution in [2.24, 2.45) is 5.41 Å². The molecule has 2 rings (SSSR count). The van der Waals surface area contributed by atoms with Crippen LogP contribution in [0.1, 0.15) is 38.7 Å². The van der Waals surface area contributed by atoms with Crippen LogP contribution >= 0.6 is 0 Å². The second kappa shape index (κ2) is 7.24. The van der Waals surface area contributed by atoms with Crippen molar-refractivity contribution >= 4 is 10.8 Å². The van der Waals surface area contributed by atoms with Gasteiger partial charge in [-0.25, -0.2) is 0 Å². The van der Waals surface area contributed by atoms with Gasteiger partial charge in [0.2, 0.25) is 0 Å². The van der Waals surface area contributed by atoms with Crippen LogP contribution in [0.4, 0.5) is 0 Å². The Kier molecular flexibility index (Phi) is 5.36. The summed E-state index contributed by atoms with van der Waals surface area (Å²) in [6.45, 7) is 5.93. The number of unbranched alkanes of at least 4 members (excludes halogenated alkanes) is 1. The Bertz CT molecular complexity index is 617. The molecule has 0 amide bonds. The molecule has 0 aromatic heterocycles. The molecule has 0 spiro atoms. The van der Waals surface area contributed by atoms with Crippen LogP contribution in [0.25, 0.3) is 10.8 Å². The van der Waals surface area contributed by atoms with Gasteiger partial charge in [-0.15, -0.1) is 0 Å². The van der Waals surface area contributed by atoms with Gasteiger partial charge in [-0.1, -0.05) is 48.9 Å². The lowest BCUT2D eigenvalue weighted by molar-refractivity contribution is 0.422. The van der Waals surface area contributed by atoms with E-state index in [2.05, 4.69) is 53.9 Å². The molecule has 0 unspecified atom stereocenters. The van der Waals surface area contributed by atoms with Crippen LogP contribution in [0, 0.1) is 16.7 Å². The molecule has 21 heavy (non-hydrogen) atoms. The molecule has 0 aliphatic carbocycles. The smallest absolute Gasteiger partial charge is 0.0683 e. The van der Waals surface area contributed by atoms with Gasteiger partial charge in [-0.2, -0.15) is 5.26 Å². The van der Waals surface area contributed by atoms with Crippen LogP contribution in [0.2, 0.25) is 0 Å². The summed E-state index contributed by atoms with van der Waals surface area (Å²) in [6, 6.07) is 17.3. The molecule has 0 saturated heterocycles. The van der Waals surface area contributed by atoms with Crippen molar-refractivity contribution in [3.05, 3.63) is 48.0 Å². The van der Waals surface area contributed by atoms with Crippen LogP contribution in [-0.2, 0) is 6.54 Å². The lowest BCUT2D eigenvalue weighted by Gasteiger charge is -2.14.